The number of likely N-dealkylation sites (N-methyl/N-ethyl adjacent to an activating group) is 1. The molecule has 0 aliphatic carbocycles. The molecule has 0 heterocycles. The van der Waals surface area contributed by atoms with Crippen LogP contribution in [0.4, 0.5) is 0 Å². The molecule has 27 heavy (non-hydrogen) atoms. The number of carbonyl (C=O) groups is 1. The highest BCUT2D eigenvalue weighted by molar-refractivity contribution is 6.35. The first-order valence-electron chi connectivity index (χ1n) is 8.52. The zero-order valence-electron chi connectivity index (χ0n) is 15.8. The fourth-order valence-corrected chi connectivity index (χ4v) is 3.01. The number of amides is 1. The smallest absolute Gasteiger partial charge is 0.263 e. The lowest BCUT2D eigenvalue weighted by atomic mass is 10.2. The summed E-state index contributed by atoms with van der Waals surface area (Å²) in [5.41, 5.74) is 0.919. The third-order valence-electron chi connectivity index (χ3n) is 3.87. The molecule has 1 atom stereocenters. The number of methoxy groups -OCH3 is 1. The van der Waals surface area contributed by atoms with Gasteiger partial charge in [0.15, 0.2) is 17.6 Å². The molecule has 146 valence electrons. The van der Waals surface area contributed by atoms with Crippen molar-refractivity contribution in [3.8, 4) is 17.2 Å². The summed E-state index contributed by atoms with van der Waals surface area (Å²) in [5.74, 6) is 1.55. The van der Waals surface area contributed by atoms with Crippen LogP contribution in [0.3, 0.4) is 0 Å². The predicted octanol–water partition coefficient (Wildman–Crippen LogP) is 4.83. The Kier molecular flexibility index (Phi) is 7.63. The number of hydrogen-bond donors (Lipinski definition) is 0. The van der Waals surface area contributed by atoms with E-state index < -0.39 is 6.10 Å². The maximum Gasteiger partial charge on any atom is 0.263 e. The van der Waals surface area contributed by atoms with Crippen molar-refractivity contribution in [1.82, 2.24) is 4.90 Å². The second kappa shape index (κ2) is 9.72. The van der Waals surface area contributed by atoms with Crippen LogP contribution in [0.25, 0.3) is 0 Å². The van der Waals surface area contributed by atoms with Crippen LogP contribution in [-0.4, -0.2) is 37.7 Å². The molecule has 0 saturated carbocycles. The molecule has 0 spiro atoms. The van der Waals surface area contributed by atoms with Gasteiger partial charge in [-0.25, -0.2) is 0 Å². The van der Waals surface area contributed by atoms with Gasteiger partial charge in [0.1, 0.15) is 5.75 Å². The van der Waals surface area contributed by atoms with Gasteiger partial charge in [-0.3, -0.25) is 4.79 Å². The van der Waals surface area contributed by atoms with Gasteiger partial charge in [-0.05, 0) is 49.7 Å². The van der Waals surface area contributed by atoms with Crippen LogP contribution in [0, 0.1) is 0 Å². The summed E-state index contributed by atoms with van der Waals surface area (Å²) in [6.45, 7) is 4.55. The molecule has 0 radical (unpaired) electrons. The molecule has 0 bridgehead atoms. The molecule has 0 aliphatic heterocycles. The molecule has 0 aliphatic rings. The van der Waals surface area contributed by atoms with Gasteiger partial charge in [0.2, 0.25) is 0 Å². The standard InChI is InChI=1S/C20H23Cl2NO4/c1-5-26-18-8-6-14(10-19(18)25-4)12-23(3)20(24)13(2)27-17-9-7-15(21)11-16(17)22/h6-11,13H,5,12H2,1-4H3/t13-/m0/s1. The summed E-state index contributed by atoms with van der Waals surface area (Å²) < 4.78 is 16.6. The van der Waals surface area contributed by atoms with E-state index in [1.165, 1.54) is 0 Å². The van der Waals surface area contributed by atoms with E-state index in [0.717, 1.165) is 5.56 Å². The number of halogens is 2. The van der Waals surface area contributed by atoms with Gasteiger partial charge in [-0.1, -0.05) is 29.3 Å². The van der Waals surface area contributed by atoms with Crippen molar-refractivity contribution in [3.63, 3.8) is 0 Å². The molecule has 1 amide bonds. The molecule has 7 heteroatoms. The highest BCUT2D eigenvalue weighted by atomic mass is 35.5. The SMILES string of the molecule is CCOc1ccc(CN(C)C(=O)[C@H](C)Oc2ccc(Cl)cc2Cl)cc1OC. The quantitative estimate of drug-likeness (QED) is 0.624. The fourth-order valence-electron chi connectivity index (χ4n) is 2.56. The average Bonchev–Trinajstić information content (AvgIpc) is 2.64. The van der Waals surface area contributed by atoms with Gasteiger partial charge in [-0.2, -0.15) is 0 Å². The summed E-state index contributed by atoms with van der Waals surface area (Å²) >= 11 is 12.0. The zero-order chi connectivity index (χ0) is 20.0. The second-order valence-corrected chi connectivity index (χ2v) is 6.79. The number of nitrogens with zero attached hydrogens (tertiary/aromatic N) is 1. The second-order valence-electron chi connectivity index (χ2n) is 5.95. The molecule has 0 fully saturated rings. The van der Waals surface area contributed by atoms with Crippen LogP contribution in [-0.2, 0) is 11.3 Å². The van der Waals surface area contributed by atoms with Gasteiger partial charge in [0.05, 0.1) is 18.7 Å². The Labute approximate surface area is 169 Å². The summed E-state index contributed by atoms with van der Waals surface area (Å²) in [4.78, 5) is 14.2. The number of benzene rings is 2. The maximum atomic E-state index is 12.6. The predicted molar refractivity (Wildman–Crippen MR) is 107 cm³/mol. The average molecular weight is 412 g/mol. The van der Waals surface area contributed by atoms with E-state index in [2.05, 4.69) is 0 Å². The van der Waals surface area contributed by atoms with E-state index in [9.17, 15) is 4.79 Å². The Morgan fingerprint density at radius 2 is 1.81 bits per heavy atom. The van der Waals surface area contributed by atoms with Crippen molar-refractivity contribution < 1.29 is 19.0 Å². The normalized spacial score (nSPS) is 11.6. The van der Waals surface area contributed by atoms with Gasteiger partial charge < -0.3 is 19.1 Å². The molecule has 5 nitrogen and oxygen atoms in total. The van der Waals surface area contributed by atoms with Crippen LogP contribution < -0.4 is 14.2 Å². The molecular weight excluding hydrogens is 389 g/mol. The van der Waals surface area contributed by atoms with Crippen molar-refractivity contribution in [2.75, 3.05) is 20.8 Å². The van der Waals surface area contributed by atoms with Crippen LogP contribution >= 0.6 is 23.2 Å². The summed E-state index contributed by atoms with van der Waals surface area (Å²) in [7, 11) is 3.30. The van der Waals surface area contributed by atoms with Crippen molar-refractivity contribution in [2.24, 2.45) is 0 Å². The van der Waals surface area contributed by atoms with Crippen LogP contribution in [0.5, 0.6) is 17.2 Å². The zero-order valence-corrected chi connectivity index (χ0v) is 17.3. The monoisotopic (exact) mass is 411 g/mol. The molecule has 2 aromatic carbocycles. The maximum absolute atomic E-state index is 12.6. The minimum Gasteiger partial charge on any atom is -0.493 e. The molecule has 0 aromatic heterocycles. The lowest BCUT2D eigenvalue weighted by Gasteiger charge is -2.23. The highest BCUT2D eigenvalue weighted by Crippen LogP contribution is 2.30. The topological polar surface area (TPSA) is 48.0 Å². The van der Waals surface area contributed by atoms with E-state index in [-0.39, 0.29) is 5.91 Å². The minimum atomic E-state index is -0.696. The number of hydrogen-bond acceptors (Lipinski definition) is 4. The summed E-state index contributed by atoms with van der Waals surface area (Å²) in [6, 6.07) is 10.5. The van der Waals surface area contributed by atoms with Gasteiger partial charge in [0.25, 0.3) is 5.91 Å². The van der Waals surface area contributed by atoms with Crippen molar-refractivity contribution in [1.29, 1.82) is 0 Å². The Balaban J connectivity index is 2.04. The largest absolute Gasteiger partial charge is 0.493 e. The van der Waals surface area contributed by atoms with E-state index in [4.69, 9.17) is 37.4 Å². The molecular formula is C20H23Cl2NO4. The summed E-state index contributed by atoms with van der Waals surface area (Å²) in [5, 5.41) is 0.869. The van der Waals surface area contributed by atoms with E-state index >= 15 is 0 Å². The van der Waals surface area contributed by atoms with Crippen LogP contribution in [0.15, 0.2) is 36.4 Å². The molecule has 0 saturated heterocycles. The van der Waals surface area contributed by atoms with Crippen LogP contribution in [0.1, 0.15) is 19.4 Å². The van der Waals surface area contributed by atoms with E-state index in [1.54, 1.807) is 44.2 Å². The lowest BCUT2D eigenvalue weighted by Crippen LogP contribution is -2.37. The Morgan fingerprint density at radius 3 is 2.44 bits per heavy atom. The number of ether oxygens (including phenoxy) is 3. The first-order valence-corrected chi connectivity index (χ1v) is 9.27. The summed E-state index contributed by atoms with van der Waals surface area (Å²) in [6.07, 6.45) is -0.696. The first kappa shape index (κ1) is 21.2. The van der Waals surface area contributed by atoms with Gasteiger partial charge in [-0.15, -0.1) is 0 Å². The minimum absolute atomic E-state index is 0.172. The fraction of sp³-hybridized carbons (Fsp3) is 0.350. The van der Waals surface area contributed by atoms with Gasteiger partial charge in [0, 0.05) is 18.6 Å². The number of rotatable bonds is 8. The molecule has 0 unspecified atom stereocenters. The lowest BCUT2D eigenvalue weighted by molar-refractivity contribution is -0.137. The van der Waals surface area contributed by atoms with E-state index in [0.29, 0.717) is 40.4 Å². The van der Waals surface area contributed by atoms with Crippen molar-refractivity contribution >= 4 is 29.1 Å². The molecule has 2 rings (SSSR count). The third-order valence-corrected chi connectivity index (χ3v) is 4.40. The Hall–Kier alpha value is -2.11. The van der Waals surface area contributed by atoms with Crippen molar-refractivity contribution in [2.45, 2.75) is 26.5 Å². The molecule has 2 aromatic rings. The Bertz CT molecular complexity index is 798. The van der Waals surface area contributed by atoms with Crippen LogP contribution in [0.2, 0.25) is 10.0 Å². The van der Waals surface area contributed by atoms with E-state index in [1.807, 2.05) is 25.1 Å². The highest BCUT2D eigenvalue weighted by Gasteiger charge is 2.21. The molecule has 0 N–H and O–H groups in total. The number of carbonyl (C=O) groups excluding carboxylic acids is 1. The first-order chi connectivity index (χ1) is 12.8. The Morgan fingerprint density at radius 1 is 1.11 bits per heavy atom. The third kappa shape index (κ3) is 5.68. The van der Waals surface area contributed by atoms with Crippen molar-refractivity contribution in [3.05, 3.63) is 52.0 Å². The van der Waals surface area contributed by atoms with Gasteiger partial charge >= 0.3 is 0 Å².